The van der Waals surface area contributed by atoms with Gasteiger partial charge in [-0.3, -0.25) is 4.98 Å². The van der Waals surface area contributed by atoms with Gasteiger partial charge in [0.05, 0.1) is 6.10 Å². The highest BCUT2D eigenvalue weighted by molar-refractivity contribution is 5.54. The van der Waals surface area contributed by atoms with E-state index in [1.807, 2.05) is 13.3 Å². The van der Waals surface area contributed by atoms with Crippen LogP contribution in [0.4, 0.5) is 5.69 Å². The second-order valence-corrected chi connectivity index (χ2v) is 6.12. The second kappa shape index (κ2) is 7.76. The van der Waals surface area contributed by atoms with Crippen LogP contribution in [0.15, 0.2) is 12.3 Å². The Hall–Kier alpha value is -1.13. The first kappa shape index (κ1) is 16.2. The maximum atomic E-state index is 5.65. The number of methoxy groups -OCH3 is 1. The van der Waals surface area contributed by atoms with Crippen LogP contribution >= 0.6 is 0 Å². The largest absolute Gasteiger partial charge is 0.379 e. The Bertz CT molecular complexity index is 450. The maximum Gasteiger partial charge on any atom is 0.0772 e. The minimum absolute atomic E-state index is 0.323. The Morgan fingerprint density at radius 1 is 1.48 bits per heavy atom. The first-order valence-electron chi connectivity index (χ1n) is 8.09. The van der Waals surface area contributed by atoms with Crippen LogP contribution in [0.3, 0.4) is 0 Å². The SMILES string of the molecule is CCCNCc1cnc(C)cc1N1CCC(C)C(OC)C1. The van der Waals surface area contributed by atoms with Gasteiger partial charge in [-0.2, -0.15) is 0 Å². The molecule has 1 fully saturated rings. The number of piperidine rings is 1. The van der Waals surface area contributed by atoms with Crippen molar-refractivity contribution >= 4 is 5.69 Å². The summed E-state index contributed by atoms with van der Waals surface area (Å²) >= 11 is 0. The van der Waals surface area contributed by atoms with Gasteiger partial charge in [0, 0.05) is 49.9 Å². The summed E-state index contributed by atoms with van der Waals surface area (Å²) in [5.74, 6) is 0.635. The van der Waals surface area contributed by atoms with Gasteiger partial charge in [0.1, 0.15) is 0 Å². The van der Waals surface area contributed by atoms with Crippen molar-refractivity contribution in [2.24, 2.45) is 5.92 Å². The molecule has 0 amide bonds. The third-order valence-corrected chi connectivity index (χ3v) is 4.37. The third-order valence-electron chi connectivity index (χ3n) is 4.37. The van der Waals surface area contributed by atoms with Crippen LogP contribution in [0.1, 0.15) is 37.9 Å². The molecule has 0 spiro atoms. The molecule has 2 unspecified atom stereocenters. The van der Waals surface area contributed by atoms with Crippen LogP contribution in [0.2, 0.25) is 0 Å². The van der Waals surface area contributed by atoms with Gasteiger partial charge in [-0.25, -0.2) is 0 Å². The molecular weight excluding hydrogens is 262 g/mol. The average Bonchev–Trinajstić information content (AvgIpc) is 2.49. The topological polar surface area (TPSA) is 37.4 Å². The Morgan fingerprint density at radius 3 is 3.00 bits per heavy atom. The van der Waals surface area contributed by atoms with E-state index in [-0.39, 0.29) is 0 Å². The zero-order chi connectivity index (χ0) is 15.2. The van der Waals surface area contributed by atoms with E-state index >= 15 is 0 Å². The molecule has 4 heteroatoms. The molecule has 4 nitrogen and oxygen atoms in total. The summed E-state index contributed by atoms with van der Waals surface area (Å²) in [5.41, 5.74) is 3.69. The highest BCUT2D eigenvalue weighted by atomic mass is 16.5. The molecule has 2 heterocycles. The van der Waals surface area contributed by atoms with E-state index in [4.69, 9.17) is 4.74 Å². The number of nitrogens with one attached hydrogen (secondary N) is 1. The smallest absolute Gasteiger partial charge is 0.0772 e. The number of hydrogen-bond donors (Lipinski definition) is 1. The summed E-state index contributed by atoms with van der Waals surface area (Å²) in [7, 11) is 1.83. The fraction of sp³-hybridized carbons (Fsp3) is 0.706. The normalized spacial score (nSPS) is 22.6. The Labute approximate surface area is 128 Å². The summed E-state index contributed by atoms with van der Waals surface area (Å²) in [6.45, 7) is 10.6. The third kappa shape index (κ3) is 4.17. The molecule has 0 aromatic carbocycles. The van der Waals surface area contributed by atoms with Crippen LogP contribution in [0.25, 0.3) is 0 Å². The standard InChI is InChI=1S/C17H29N3O/c1-5-7-18-10-15-11-19-14(3)9-16(15)20-8-6-13(2)17(12-20)21-4/h9,11,13,17-18H,5-8,10,12H2,1-4H3. The van der Waals surface area contributed by atoms with Gasteiger partial charge in [0.25, 0.3) is 0 Å². The molecule has 118 valence electrons. The number of anilines is 1. The van der Waals surface area contributed by atoms with Crippen molar-refractivity contribution in [1.82, 2.24) is 10.3 Å². The minimum Gasteiger partial charge on any atom is -0.379 e. The zero-order valence-corrected chi connectivity index (χ0v) is 13.9. The first-order valence-corrected chi connectivity index (χ1v) is 8.09. The van der Waals surface area contributed by atoms with Crippen LogP contribution < -0.4 is 10.2 Å². The molecular formula is C17H29N3O. The number of pyridine rings is 1. The van der Waals surface area contributed by atoms with E-state index < -0.39 is 0 Å². The Balaban J connectivity index is 2.15. The summed E-state index contributed by atoms with van der Waals surface area (Å²) in [5, 5.41) is 3.49. The quantitative estimate of drug-likeness (QED) is 0.818. The first-order chi connectivity index (χ1) is 10.2. The van der Waals surface area contributed by atoms with E-state index in [1.54, 1.807) is 0 Å². The summed E-state index contributed by atoms with van der Waals surface area (Å²) in [4.78, 5) is 6.93. The number of ether oxygens (including phenoxy) is 1. The summed E-state index contributed by atoms with van der Waals surface area (Å²) in [6, 6.07) is 2.21. The lowest BCUT2D eigenvalue weighted by atomic mass is 9.95. The van der Waals surface area contributed by atoms with Gasteiger partial charge in [0.2, 0.25) is 0 Å². The fourth-order valence-corrected chi connectivity index (χ4v) is 2.96. The van der Waals surface area contributed by atoms with Gasteiger partial charge in [-0.1, -0.05) is 13.8 Å². The maximum absolute atomic E-state index is 5.65. The molecule has 0 aliphatic carbocycles. The predicted molar refractivity (Wildman–Crippen MR) is 87.8 cm³/mol. The van der Waals surface area contributed by atoms with Crippen LogP contribution in [0, 0.1) is 12.8 Å². The molecule has 2 rings (SSSR count). The number of aromatic nitrogens is 1. The van der Waals surface area contributed by atoms with Gasteiger partial charge in [-0.15, -0.1) is 0 Å². The van der Waals surface area contributed by atoms with Crippen molar-refractivity contribution < 1.29 is 4.74 Å². The molecule has 1 N–H and O–H groups in total. The molecule has 1 saturated heterocycles. The highest BCUT2D eigenvalue weighted by Gasteiger charge is 2.27. The van der Waals surface area contributed by atoms with Crippen molar-refractivity contribution in [3.8, 4) is 0 Å². The monoisotopic (exact) mass is 291 g/mol. The second-order valence-electron chi connectivity index (χ2n) is 6.12. The van der Waals surface area contributed by atoms with E-state index in [2.05, 4.69) is 42.0 Å². The molecule has 2 atom stereocenters. The van der Waals surface area contributed by atoms with Gasteiger partial charge in [-0.05, 0) is 38.3 Å². The Kier molecular flexibility index (Phi) is 6.00. The fourth-order valence-electron chi connectivity index (χ4n) is 2.96. The summed E-state index contributed by atoms with van der Waals surface area (Å²) < 4.78 is 5.65. The van der Waals surface area contributed by atoms with Gasteiger partial charge >= 0.3 is 0 Å². The van der Waals surface area contributed by atoms with Crippen LogP contribution in [0.5, 0.6) is 0 Å². The Morgan fingerprint density at radius 2 is 2.29 bits per heavy atom. The molecule has 1 aromatic rings. The molecule has 0 saturated carbocycles. The molecule has 1 aliphatic rings. The lowest BCUT2D eigenvalue weighted by Gasteiger charge is -2.38. The highest BCUT2D eigenvalue weighted by Crippen LogP contribution is 2.27. The van der Waals surface area contributed by atoms with E-state index in [9.17, 15) is 0 Å². The van der Waals surface area contributed by atoms with Crippen molar-refractivity contribution in [3.05, 3.63) is 23.5 Å². The van der Waals surface area contributed by atoms with E-state index in [1.165, 1.54) is 17.7 Å². The summed E-state index contributed by atoms with van der Waals surface area (Å²) in [6.07, 6.45) is 4.68. The van der Waals surface area contributed by atoms with E-state index in [0.29, 0.717) is 12.0 Å². The lowest BCUT2D eigenvalue weighted by molar-refractivity contribution is 0.0498. The van der Waals surface area contributed by atoms with Gasteiger partial charge < -0.3 is 15.0 Å². The molecule has 0 radical (unpaired) electrons. The molecule has 1 aromatic heterocycles. The average molecular weight is 291 g/mol. The van der Waals surface area contributed by atoms with Gasteiger partial charge in [0.15, 0.2) is 0 Å². The van der Waals surface area contributed by atoms with Crippen molar-refractivity contribution in [3.63, 3.8) is 0 Å². The van der Waals surface area contributed by atoms with Crippen LogP contribution in [-0.2, 0) is 11.3 Å². The minimum atomic E-state index is 0.323. The molecule has 1 aliphatic heterocycles. The molecule has 0 bridgehead atoms. The van der Waals surface area contributed by atoms with Crippen molar-refractivity contribution in [2.75, 3.05) is 31.6 Å². The lowest BCUT2D eigenvalue weighted by Crippen LogP contribution is -2.44. The van der Waals surface area contributed by atoms with Crippen LogP contribution in [-0.4, -0.2) is 37.8 Å². The number of aryl methyl sites for hydroxylation is 1. The number of hydrogen-bond acceptors (Lipinski definition) is 4. The van der Waals surface area contributed by atoms with Crippen molar-refractivity contribution in [1.29, 1.82) is 0 Å². The number of nitrogens with zero attached hydrogens (tertiary/aromatic N) is 2. The predicted octanol–water partition coefficient (Wildman–Crippen LogP) is 2.75. The van der Waals surface area contributed by atoms with E-state index in [0.717, 1.165) is 38.3 Å². The number of rotatable bonds is 6. The molecule has 21 heavy (non-hydrogen) atoms. The zero-order valence-electron chi connectivity index (χ0n) is 13.9. The van der Waals surface area contributed by atoms with Crippen molar-refractivity contribution in [2.45, 2.75) is 46.3 Å².